The van der Waals surface area contributed by atoms with Gasteiger partial charge >= 0.3 is 0 Å². The number of rotatable bonds is 9. The standard InChI is InChI=1S/C17H25N3O3S/c1-3-4-10-19-11-12-20(15-19)14-17(18(2)24(21,22)23)13-16-8-6-5-7-9-16/h5-9,11-12,15,17H,3-4,10,13-14H2,1-2H3/t17-/m0/s1. The molecule has 1 aromatic heterocycles. The molecule has 0 aliphatic rings. The molecule has 0 unspecified atom stereocenters. The van der Waals surface area contributed by atoms with Crippen LogP contribution in [0.15, 0.2) is 49.1 Å². The molecule has 0 aliphatic heterocycles. The van der Waals surface area contributed by atoms with Crippen LogP contribution in [-0.4, -0.2) is 34.9 Å². The Morgan fingerprint density at radius 1 is 1.29 bits per heavy atom. The Hall–Kier alpha value is -1.70. The number of benzene rings is 1. The number of likely N-dealkylation sites (N-methyl/N-ethyl adjacent to an activating group) is 1. The van der Waals surface area contributed by atoms with E-state index in [4.69, 9.17) is 0 Å². The summed E-state index contributed by atoms with van der Waals surface area (Å²) in [6.45, 7) is 3.51. The van der Waals surface area contributed by atoms with Gasteiger partial charge in [-0.25, -0.2) is 21.9 Å². The van der Waals surface area contributed by atoms with Gasteiger partial charge in [0.2, 0.25) is 6.33 Å². The summed E-state index contributed by atoms with van der Waals surface area (Å²) in [6, 6.07) is 9.18. The van der Waals surface area contributed by atoms with E-state index in [1.54, 1.807) is 0 Å². The molecule has 2 rings (SSSR count). The van der Waals surface area contributed by atoms with Crippen LogP contribution in [-0.2, 0) is 29.8 Å². The van der Waals surface area contributed by atoms with Crippen molar-refractivity contribution in [2.24, 2.45) is 0 Å². The number of hydrogen-bond acceptors (Lipinski definition) is 3. The van der Waals surface area contributed by atoms with Gasteiger partial charge < -0.3 is 4.55 Å². The molecule has 0 radical (unpaired) electrons. The minimum Gasteiger partial charge on any atom is -0.735 e. The molecule has 0 aliphatic carbocycles. The molecule has 0 N–H and O–H groups in total. The summed E-state index contributed by atoms with van der Waals surface area (Å²) >= 11 is 0. The zero-order valence-electron chi connectivity index (χ0n) is 14.2. The van der Waals surface area contributed by atoms with E-state index >= 15 is 0 Å². The molecule has 1 heterocycles. The lowest BCUT2D eigenvalue weighted by molar-refractivity contribution is -0.700. The smallest absolute Gasteiger partial charge is 0.243 e. The third-order valence-electron chi connectivity index (χ3n) is 4.12. The zero-order valence-corrected chi connectivity index (χ0v) is 15.0. The Morgan fingerprint density at radius 3 is 2.62 bits per heavy atom. The van der Waals surface area contributed by atoms with E-state index in [0.717, 1.165) is 29.3 Å². The summed E-state index contributed by atoms with van der Waals surface area (Å²) in [5.41, 5.74) is 1.00. The average molecular weight is 351 g/mol. The molecule has 1 aromatic carbocycles. The van der Waals surface area contributed by atoms with Gasteiger partial charge in [0.15, 0.2) is 10.3 Å². The molecule has 0 bridgehead atoms. The van der Waals surface area contributed by atoms with Crippen molar-refractivity contribution in [3.63, 3.8) is 0 Å². The van der Waals surface area contributed by atoms with Crippen molar-refractivity contribution in [3.05, 3.63) is 54.6 Å². The van der Waals surface area contributed by atoms with Crippen LogP contribution in [0.1, 0.15) is 25.3 Å². The van der Waals surface area contributed by atoms with E-state index < -0.39 is 16.3 Å². The fourth-order valence-electron chi connectivity index (χ4n) is 2.64. The Bertz CT molecular complexity index is 729. The van der Waals surface area contributed by atoms with Crippen LogP contribution in [0.5, 0.6) is 0 Å². The summed E-state index contributed by atoms with van der Waals surface area (Å²) in [6.07, 6.45) is 8.55. The van der Waals surface area contributed by atoms with E-state index in [2.05, 4.69) is 11.5 Å². The minimum atomic E-state index is -4.49. The molecule has 132 valence electrons. The van der Waals surface area contributed by atoms with Gasteiger partial charge in [0.1, 0.15) is 18.9 Å². The summed E-state index contributed by atoms with van der Waals surface area (Å²) in [5.74, 6) is 0. The van der Waals surface area contributed by atoms with Crippen molar-refractivity contribution in [3.8, 4) is 0 Å². The first-order valence-corrected chi connectivity index (χ1v) is 9.54. The fraction of sp³-hybridized carbons (Fsp3) is 0.471. The molecule has 1 atom stereocenters. The number of unbranched alkanes of at least 4 members (excludes halogenated alkanes) is 1. The van der Waals surface area contributed by atoms with Crippen molar-refractivity contribution >= 4 is 10.3 Å². The molecule has 6 nitrogen and oxygen atoms in total. The van der Waals surface area contributed by atoms with E-state index in [1.165, 1.54) is 7.05 Å². The number of aryl methyl sites for hydroxylation is 1. The highest BCUT2D eigenvalue weighted by Crippen LogP contribution is 2.11. The van der Waals surface area contributed by atoms with Gasteiger partial charge in [-0.1, -0.05) is 43.7 Å². The quantitative estimate of drug-likeness (QED) is 0.509. The number of nitrogens with zero attached hydrogens (tertiary/aromatic N) is 3. The van der Waals surface area contributed by atoms with Crippen LogP contribution in [0.4, 0.5) is 0 Å². The van der Waals surface area contributed by atoms with Crippen molar-refractivity contribution in [1.82, 2.24) is 8.87 Å². The lowest BCUT2D eigenvalue weighted by atomic mass is 10.1. The maximum absolute atomic E-state index is 11.5. The molecule has 0 saturated carbocycles. The molecule has 7 heteroatoms. The van der Waals surface area contributed by atoms with E-state index in [1.807, 2.05) is 53.6 Å². The van der Waals surface area contributed by atoms with Gasteiger partial charge in [-0.15, -0.1) is 0 Å². The second kappa shape index (κ2) is 8.41. The maximum Gasteiger partial charge on any atom is 0.243 e. The predicted molar refractivity (Wildman–Crippen MR) is 90.9 cm³/mol. The summed E-state index contributed by atoms with van der Waals surface area (Å²) in [7, 11) is -3.13. The number of imidazole rings is 1. The second-order valence-corrected chi connectivity index (χ2v) is 7.45. The zero-order chi connectivity index (χ0) is 17.6. The van der Waals surface area contributed by atoms with Crippen LogP contribution in [0.3, 0.4) is 0 Å². The van der Waals surface area contributed by atoms with Gasteiger partial charge in [-0.2, -0.15) is 0 Å². The SMILES string of the molecule is CCCCn1cc[n+](C[C@H](Cc2ccccc2)N(C)S(=O)(=O)[O-])c1. The van der Waals surface area contributed by atoms with Crippen LogP contribution < -0.4 is 4.57 Å². The molecule has 2 aromatic rings. The number of hydrogen-bond donors (Lipinski definition) is 0. The van der Waals surface area contributed by atoms with Crippen LogP contribution in [0.25, 0.3) is 0 Å². The van der Waals surface area contributed by atoms with E-state index in [9.17, 15) is 13.0 Å². The lowest BCUT2D eigenvalue weighted by Gasteiger charge is -2.28. The van der Waals surface area contributed by atoms with Gasteiger partial charge in [-0.05, 0) is 18.4 Å². The third-order valence-corrected chi connectivity index (χ3v) is 5.12. The Morgan fingerprint density at radius 2 is 2.00 bits per heavy atom. The number of aromatic nitrogens is 2. The average Bonchev–Trinajstić information content (AvgIpc) is 2.99. The molecule has 0 saturated heterocycles. The second-order valence-electron chi connectivity index (χ2n) is 6.02. The van der Waals surface area contributed by atoms with E-state index in [0.29, 0.717) is 13.0 Å². The Balaban J connectivity index is 2.14. The normalized spacial score (nSPS) is 13.3. The topological polar surface area (TPSA) is 69.2 Å². The van der Waals surface area contributed by atoms with Crippen molar-refractivity contribution in [1.29, 1.82) is 0 Å². The fourth-order valence-corrected chi connectivity index (χ4v) is 3.15. The highest BCUT2D eigenvalue weighted by molar-refractivity contribution is 7.83. The largest absolute Gasteiger partial charge is 0.735 e. The van der Waals surface area contributed by atoms with Gasteiger partial charge in [0.25, 0.3) is 0 Å². The molecule has 0 amide bonds. The maximum atomic E-state index is 11.5. The first-order chi connectivity index (χ1) is 11.4. The van der Waals surface area contributed by atoms with Crippen LogP contribution >= 0.6 is 0 Å². The van der Waals surface area contributed by atoms with Gasteiger partial charge in [0, 0.05) is 7.05 Å². The third kappa shape index (κ3) is 5.43. The first kappa shape index (κ1) is 18.6. The monoisotopic (exact) mass is 351 g/mol. The Kier molecular flexibility index (Phi) is 6.53. The molecular formula is C17H25N3O3S. The molecule has 24 heavy (non-hydrogen) atoms. The van der Waals surface area contributed by atoms with Crippen molar-refractivity contribution in [2.75, 3.05) is 7.05 Å². The van der Waals surface area contributed by atoms with Crippen LogP contribution in [0.2, 0.25) is 0 Å². The van der Waals surface area contributed by atoms with Gasteiger partial charge in [-0.3, -0.25) is 0 Å². The molecular weight excluding hydrogens is 326 g/mol. The minimum absolute atomic E-state index is 0.429. The van der Waals surface area contributed by atoms with Crippen LogP contribution in [0, 0.1) is 0 Å². The highest BCUT2D eigenvalue weighted by Gasteiger charge is 2.23. The van der Waals surface area contributed by atoms with E-state index in [-0.39, 0.29) is 0 Å². The van der Waals surface area contributed by atoms with Gasteiger partial charge in [0.05, 0.1) is 12.6 Å². The van der Waals surface area contributed by atoms with Crippen molar-refractivity contribution < 1.29 is 17.5 Å². The first-order valence-electron chi connectivity index (χ1n) is 8.17. The lowest BCUT2D eigenvalue weighted by Crippen LogP contribution is -2.48. The summed E-state index contributed by atoms with van der Waals surface area (Å²) in [5, 5.41) is 0. The Labute approximate surface area is 144 Å². The summed E-state index contributed by atoms with van der Waals surface area (Å²) in [4.78, 5) is 0. The predicted octanol–water partition coefficient (Wildman–Crippen LogP) is 1.58. The van der Waals surface area contributed by atoms with Crippen molar-refractivity contribution in [2.45, 2.75) is 45.3 Å². The molecule has 0 spiro atoms. The molecule has 0 fully saturated rings. The summed E-state index contributed by atoms with van der Waals surface area (Å²) < 4.78 is 39.3. The highest BCUT2D eigenvalue weighted by atomic mass is 32.2.